The zero-order valence-corrected chi connectivity index (χ0v) is 16.4. The van der Waals surface area contributed by atoms with Gasteiger partial charge in [0, 0.05) is 29.1 Å². The molecule has 6 heteroatoms. The van der Waals surface area contributed by atoms with Crippen LogP contribution >= 0.6 is 0 Å². The number of rotatable bonds is 6. The third kappa shape index (κ3) is 3.96. The highest BCUT2D eigenvalue weighted by atomic mass is 16.5. The van der Waals surface area contributed by atoms with Crippen LogP contribution in [0.4, 0.5) is 5.69 Å². The number of aromatic nitrogens is 1. The molecule has 0 spiro atoms. The third-order valence-electron chi connectivity index (χ3n) is 4.42. The van der Waals surface area contributed by atoms with E-state index in [0.29, 0.717) is 24.8 Å². The Hall–Kier alpha value is -3.67. The lowest BCUT2D eigenvalue weighted by Gasteiger charge is -2.14. The van der Waals surface area contributed by atoms with E-state index < -0.39 is 0 Å². The second-order valence-corrected chi connectivity index (χ2v) is 6.32. The maximum atomic E-state index is 5.79. The molecule has 29 heavy (non-hydrogen) atoms. The SMILES string of the molecule is CCOc1ccc(C2=NNC(c3cccnc3)=Nc3ccccc32)cc1OCC. The highest BCUT2D eigenvalue weighted by Gasteiger charge is 2.18. The van der Waals surface area contributed by atoms with E-state index in [9.17, 15) is 0 Å². The van der Waals surface area contributed by atoms with Gasteiger partial charge in [0.1, 0.15) is 5.71 Å². The summed E-state index contributed by atoms with van der Waals surface area (Å²) in [6, 6.07) is 17.6. The topological polar surface area (TPSA) is 68.1 Å². The van der Waals surface area contributed by atoms with Crippen LogP contribution in [0.3, 0.4) is 0 Å². The number of hydrogen-bond acceptors (Lipinski definition) is 6. The summed E-state index contributed by atoms with van der Waals surface area (Å²) in [5.74, 6) is 2.07. The number of hydrazone groups is 1. The summed E-state index contributed by atoms with van der Waals surface area (Å²) in [5, 5.41) is 4.68. The number of nitrogens with zero attached hydrogens (tertiary/aromatic N) is 3. The lowest BCUT2D eigenvalue weighted by atomic mass is 10.0. The van der Waals surface area contributed by atoms with E-state index >= 15 is 0 Å². The van der Waals surface area contributed by atoms with Gasteiger partial charge in [0.25, 0.3) is 0 Å². The van der Waals surface area contributed by atoms with Gasteiger partial charge in [0.05, 0.1) is 18.9 Å². The molecule has 1 aromatic heterocycles. The molecule has 146 valence electrons. The minimum atomic E-state index is 0.555. The van der Waals surface area contributed by atoms with Crippen LogP contribution in [0.2, 0.25) is 0 Å². The first-order chi connectivity index (χ1) is 14.3. The Kier molecular flexibility index (Phi) is 5.52. The summed E-state index contributed by atoms with van der Waals surface area (Å²) in [7, 11) is 0. The molecular formula is C23H22N4O2. The monoisotopic (exact) mass is 386 g/mol. The molecule has 0 fully saturated rings. The number of hydrogen-bond donors (Lipinski definition) is 1. The Morgan fingerprint density at radius 1 is 0.862 bits per heavy atom. The predicted octanol–water partition coefficient (Wildman–Crippen LogP) is 4.31. The molecule has 0 radical (unpaired) electrons. The van der Waals surface area contributed by atoms with Crippen LogP contribution in [-0.4, -0.2) is 29.7 Å². The quantitative estimate of drug-likeness (QED) is 0.685. The number of pyridine rings is 1. The molecule has 2 heterocycles. The molecule has 0 saturated carbocycles. The standard InChI is InChI=1S/C23H22N4O2/c1-3-28-20-12-11-16(14-21(20)29-4-2)22-18-9-5-6-10-19(18)25-23(27-26-22)17-8-7-13-24-15-17/h5-15H,3-4H2,1-2H3,(H,25,27). The van der Waals surface area contributed by atoms with Crippen molar-refractivity contribution in [3.05, 3.63) is 83.7 Å². The van der Waals surface area contributed by atoms with Crippen molar-refractivity contribution >= 4 is 17.2 Å². The fourth-order valence-corrected chi connectivity index (χ4v) is 3.14. The highest BCUT2D eigenvalue weighted by molar-refractivity contribution is 6.18. The summed E-state index contributed by atoms with van der Waals surface area (Å²) >= 11 is 0. The summed E-state index contributed by atoms with van der Waals surface area (Å²) in [6.07, 6.45) is 3.50. The first-order valence-corrected chi connectivity index (χ1v) is 9.62. The van der Waals surface area contributed by atoms with E-state index in [-0.39, 0.29) is 0 Å². The van der Waals surface area contributed by atoms with Gasteiger partial charge in [0.15, 0.2) is 17.3 Å². The maximum absolute atomic E-state index is 5.79. The fraction of sp³-hybridized carbons (Fsp3) is 0.174. The van der Waals surface area contributed by atoms with Crippen molar-refractivity contribution in [1.29, 1.82) is 0 Å². The van der Waals surface area contributed by atoms with Crippen LogP contribution in [0.25, 0.3) is 0 Å². The zero-order chi connectivity index (χ0) is 20.1. The number of amidine groups is 1. The molecule has 0 saturated heterocycles. The molecule has 2 aromatic carbocycles. The Morgan fingerprint density at radius 2 is 1.69 bits per heavy atom. The van der Waals surface area contributed by atoms with Gasteiger partial charge >= 0.3 is 0 Å². The van der Waals surface area contributed by atoms with Gasteiger partial charge in [0.2, 0.25) is 0 Å². The molecule has 0 bridgehead atoms. The van der Waals surface area contributed by atoms with E-state index in [2.05, 4.69) is 15.5 Å². The van der Waals surface area contributed by atoms with Crippen molar-refractivity contribution < 1.29 is 9.47 Å². The molecule has 1 aliphatic heterocycles. The second kappa shape index (κ2) is 8.56. The van der Waals surface area contributed by atoms with Crippen molar-refractivity contribution in [2.75, 3.05) is 13.2 Å². The largest absolute Gasteiger partial charge is 0.490 e. The Bertz CT molecular complexity index is 1060. The van der Waals surface area contributed by atoms with Crippen LogP contribution < -0.4 is 14.9 Å². The summed E-state index contributed by atoms with van der Waals surface area (Å²) < 4.78 is 11.5. The molecule has 0 unspecified atom stereocenters. The highest BCUT2D eigenvalue weighted by Crippen LogP contribution is 2.32. The molecule has 1 N–H and O–H groups in total. The van der Waals surface area contributed by atoms with E-state index in [1.54, 1.807) is 12.4 Å². The van der Waals surface area contributed by atoms with Crippen molar-refractivity contribution in [1.82, 2.24) is 10.4 Å². The third-order valence-corrected chi connectivity index (χ3v) is 4.42. The smallest absolute Gasteiger partial charge is 0.161 e. The number of ether oxygens (including phenoxy) is 2. The van der Waals surface area contributed by atoms with Gasteiger partial charge in [-0.05, 0) is 50.2 Å². The van der Waals surface area contributed by atoms with E-state index in [1.807, 2.05) is 68.4 Å². The molecular weight excluding hydrogens is 364 g/mol. The lowest BCUT2D eigenvalue weighted by Crippen LogP contribution is -2.19. The van der Waals surface area contributed by atoms with Gasteiger partial charge in [-0.25, -0.2) is 4.99 Å². The lowest BCUT2D eigenvalue weighted by molar-refractivity contribution is 0.287. The normalized spacial score (nSPS) is 12.8. The van der Waals surface area contributed by atoms with Crippen LogP contribution in [0.1, 0.15) is 30.5 Å². The second-order valence-electron chi connectivity index (χ2n) is 6.32. The van der Waals surface area contributed by atoms with Crippen molar-refractivity contribution in [3.8, 4) is 11.5 Å². The molecule has 0 amide bonds. The first-order valence-electron chi connectivity index (χ1n) is 9.62. The summed E-state index contributed by atoms with van der Waals surface area (Å²) in [4.78, 5) is 8.97. The molecule has 0 atom stereocenters. The zero-order valence-electron chi connectivity index (χ0n) is 16.4. The average Bonchev–Trinajstić information content (AvgIpc) is 2.96. The Labute approximate surface area is 169 Å². The van der Waals surface area contributed by atoms with E-state index in [4.69, 9.17) is 14.5 Å². The number of nitrogens with one attached hydrogen (secondary N) is 1. The molecule has 1 aliphatic rings. The fourth-order valence-electron chi connectivity index (χ4n) is 3.14. The first kappa shape index (κ1) is 18.7. The summed E-state index contributed by atoms with van der Waals surface area (Å²) in [5.41, 5.74) is 7.45. The molecule has 3 aromatic rings. The number of benzene rings is 2. The number of aliphatic imine (C=N–C) groups is 1. The number of para-hydroxylation sites is 1. The molecule has 6 nitrogen and oxygen atoms in total. The predicted molar refractivity (Wildman–Crippen MR) is 114 cm³/mol. The number of fused-ring (bicyclic) bond motifs is 1. The minimum absolute atomic E-state index is 0.555. The van der Waals surface area contributed by atoms with Crippen molar-refractivity contribution in [2.45, 2.75) is 13.8 Å². The summed E-state index contributed by atoms with van der Waals surface area (Å²) in [6.45, 7) is 5.04. The van der Waals surface area contributed by atoms with Crippen molar-refractivity contribution in [2.24, 2.45) is 10.1 Å². The van der Waals surface area contributed by atoms with Crippen LogP contribution in [0.5, 0.6) is 11.5 Å². The van der Waals surface area contributed by atoms with Crippen LogP contribution in [0.15, 0.2) is 77.1 Å². The van der Waals surface area contributed by atoms with E-state index in [0.717, 1.165) is 33.8 Å². The van der Waals surface area contributed by atoms with Gasteiger partial charge in [-0.1, -0.05) is 18.2 Å². The minimum Gasteiger partial charge on any atom is -0.490 e. The van der Waals surface area contributed by atoms with Gasteiger partial charge in [-0.2, -0.15) is 5.10 Å². The Balaban J connectivity index is 1.79. The Morgan fingerprint density at radius 3 is 2.48 bits per heavy atom. The maximum Gasteiger partial charge on any atom is 0.161 e. The molecule has 0 aliphatic carbocycles. The van der Waals surface area contributed by atoms with Gasteiger partial charge < -0.3 is 9.47 Å². The van der Waals surface area contributed by atoms with Crippen molar-refractivity contribution in [3.63, 3.8) is 0 Å². The van der Waals surface area contributed by atoms with Gasteiger partial charge in [-0.15, -0.1) is 0 Å². The van der Waals surface area contributed by atoms with Gasteiger partial charge in [-0.3, -0.25) is 10.4 Å². The van der Waals surface area contributed by atoms with E-state index in [1.165, 1.54) is 0 Å². The molecule has 4 rings (SSSR count). The van der Waals surface area contributed by atoms with Crippen LogP contribution in [-0.2, 0) is 0 Å². The van der Waals surface area contributed by atoms with Crippen LogP contribution in [0, 0.1) is 0 Å². The average molecular weight is 386 g/mol.